The molecule has 2 aromatic carbocycles. The lowest BCUT2D eigenvalue weighted by Gasteiger charge is -2.15. The molecule has 0 radical (unpaired) electrons. The maximum absolute atomic E-state index is 6.32. The summed E-state index contributed by atoms with van der Waals surface area (Å²) in [5.41, 5.74) is 2.04. The lowest BCUT2D eigenvalue weighted by molar-refractivity contribution is 0.464. The zero-order chi connectivity index (χ0) is 17.4. The van der Waals surface area contributed by atoms with Gasteiger partial charge in [0.15, 0.2) is 0 Å². The largest absolute Gasteiger partial charge is 0.411 e. The average molecular weight is 456 g/mol. The number of hydrogen-bond donors (Lipinski definition) is 0. The third-order valence-corrected chi connectivity index (χ3v) is 6.71. The second kappa shape index (κ2) is 6.95. The summed E-state index contributed by atoms with van der Waals surface area (Å²) in [6, 6.07) is 17.9. The van der Waals surface area contributed by atoms with E-state index in [0.717, 1.165) is 22.0 Å². The molecule has 1 aliphatic carbocycles. The fourth-order valence-electron chi connectivity index (χ4n) is 2.66. The van der Waals surface area contributed by atoms with E-state index in [4.69, 9.17) is 27.6 Å². The van der Waals surface area contributed by atoms with E-state index in [1.54, 1.807) is 0 Å². The van der Waals surface area contributed by atoms with Crippen molar-refractivity contribution in [1.29, 1.82) is 0 Å². The summed E-state index contributed by atoms with van der Waals surface area (Å²) in [7, 11) is 0. The molecule has 4 rings (SSSR count). The molecule has 3 nitrogen and oxygen atoms in total. The van der Waals surface area contributed by atoms with Crippen LogP contribution >= 0.6 is 50.9 Å². The van der Waals surface area contributed by atoms with Gasteiger partial charge in [-0.05, 0) is 36.2 Å². The van der Waals surface area contributed by atoms with Gasteiger partial charge in [-0.15, -0.1) is 33.4 Å². The van der Waals surface area contributed by atoms with Crippen LogP contribution in [0.2, 0.25) is 0 Å². The van der Waals surface area contributed by atoms with E-state index in [1.807, 2.05) is 42.5 Å². The molecule has 0 amide bonds. The van der Waals surface area contributed by atoms with E-state index in [2.05, 4.69) is 38.3 Å². The predicted octanol–water partition coefficient (Wildman–Crippen LogP) is 6.53. The van der Waals surface area contributed by atoms with Crippen LogP contribution in [0.15, 0.2) is 68.7 Å². The van der Waals surface area contributed by atoms with Gasteiger partial charge in [0.05, 0.1) is 0 Å². The second-order valence-electron chi connectivity index (χ2n) is 5.90. The number of nitrogens with zero attached hydrogens (tertiary/aromatic N) is 2. The number of alkyl halides is 2. The molecule has 1 aliphatic rings. The molecule has 1 fully saturated rings. The molecule has 0 bridgehead atoms. The van der Waals surface area contributed by atoms with Gasteiger partial charge in [0.1, 0.15) is 4.33 Å². The fourth-order valence-corrected chi connectivity index (χ4v) is 4.88. The molecular weight excluding hydrogens is 443 g/mol. The number of hydrogen-bond acceptors (Lipinski definition) is 4. The Labute approximate surface area is 168 Å². The second-order valence-corrected chi connectivity index (χ2v) is 9.45. The molecule has 128 valence electrons. The molecule has 1 saturated carbocycles. The first kappa shape index (κ1) is 17.4. The van der Waals surface area contributed by atoms with E-state index in [9.17, 15) is 0 Å². The van der Waals surface area contributed by atoms with Gasteiger partial charge >= 0.3 is 0 Å². The summed E-state index contributed by atoms with van der Waals surface area (Å²) in [5, 5.41) is 8.94. The number of halogens is 3. The fraction of sp³-hybridized carbons (Fsp3) is 0.222. The van der Waals surface area contributed by atoms with Crippen LogP contribution in [0.1, 0.15) is 17.2 Å². The molecule has 0 N–H and O–H groups in total. The topological polar surface area (TPSA) is 38.9 Å². The van der Waals surface area contributed by atoms with Crippen LogP contribution in [0, 0.1) is 5.92 Å². The molecule has 0 spiro atoms. The first-order valence-electron chi connectivity index (χ1n) is 7.72. The highest BCUT2D eigenvalue weighted by atomic mass is 79.9. The van der Waals surface area contributed by atoms with Gasteiger partial charge in [-0.2, -0.15) is 0 Å². The van der Waals surface area contributed by atoms with Gasteiger partial charge in [-0.1, -0.05) is 58.0 Å². The highest BCUT2D eigenvalue weighted by molar-refractivity contribution is 9.10. The van der Waals surface area contributed by atoms with Crippen LogP contribution in [0.3, 0.4) is 0 Å². The van der Waals surface area contributed by atoms with Gasteiger partial charge < -0.3 is 4.42 Å². The Morgan fingerprint density at radius 2 is 1.76 bits per heavy atom. The van der Waals surface area contributed by atoms with Crippen LogP contribution in [0.5, 0.6) is 0 Å². The van der Waals surface area contributed by atoms with Crippen molar-refractivity contribution in [1.82, 2.24) is 10.2 Å². The summed E-state index contributed by atoms with van der Waals surface area (Å²) >= 11 is 17.6. The van der Waals surface area contributed by atoms with Crippen LogP contribution in [0.4, 0.5) is 0 Å². The van der Waals surface area contributed by atoms with Crippen molar-refractivity contribution in [3.63, 3.8) is 0 Å². The maximum Gasteiger partial charge on any atom is 0.277 e. The zero-order valence-electron chi connectivity index (χ0n) is 12.9. The Morgan fingerprint density at radius 3 is 2.40 bits per heavy atom. The van der Waals surface area contributed by atoms with Crippen molar-refractivity contribution in [2.75, 3.05) is 0 Å². The minimum Gasteiger partial charge on any atom is -0.411 e. The van der Waals surface area contributed by atoms with Gasteiger partial charge in [0.2, 0.25) is 5.89 Å². The van der Waals surface area contributed by atoms with Gasteiger partial charge in [-0.3, -0.25) is 0 Å². The van der Waals surface area contributed by atoms with Crippen molar-refractivity contribution in [2.45, 2.75) is 21.2 Å². The average Bonchev–Trinajstić information content (AvgIpc) is 3.03. The van der Waals surface area contributed by atoms with E-state index in [1.165, 1.54) is 11.8 Å². The first-order chi connectivity index (χ1) is 12.0. The van der Waals surface area contributed by atoms with Crippen molar-refractivity contribution < 1.29 is 4.42 Å². The molecule has 7 heteroatoms. The van der Waals surface area contributed by atoms with Crippen LogP contribution in [0.25, 0.3) is 11.5 Å². The van der Waals surface area contributed by atoms with Crippen molar-refractivity contribution in [3.8, 4) is 11.5 Å². The molecule has 0 saturated heterocycles. The minimum atomic E-state index is -0.679. The third kappa shape index (κ3) is 3.90. The SMILES string of the molecule is ClC1(Cl)CC1C(Sc1nnc(-c2ccc(Br)cc2)o1)c1ccccc1. The van der Waals surface area contributed by atoms with Gasteiger partial charge in [-0.25, -0.2) is 0 Å². The Bertz CT molecular complexity index is 870. The number of aromatic nitrogens is 2. The molecule has 25 heavy (non-hydrogen) atoms. The van der Waals surface area contributed by atoms with Gasteiger partial charge in [0.25, 0.3) is 5.22 Å². The van der Waals surface area contributed by atoms with Crippen LogP contribution in [-0.2, 0) is 0 Å². The maximum atomic E-state index is 6.32. The molecule has 1 aromatic heterocycles. The smallest absolute Gasteiger partial charge is 0.277 e. The summed E-state index contributed by atoms with van der Waals surface area (Å²) in [5.74, 6) is 0.659. The summed E-state index contributed by atoms with van der Waals surface area (Å²) in [6.45, 7) is 0. The summed E-state index contributed by atoms with van der Waals surface area (Å²) in [4.78, 5) is 0. The van der Waals surface area contributed by atoms with E-state index < -0.39 is 4.33 Å². The Balaban J connectivity index is 1.58. The normalized spacial score (nSPS) is 19.6. The molecule has 0 aliphatic heterocycles. The van der Waals surface area contributed by atoms with Crippen molar-refractivity contribution in [2.24, 2.45) is 5.92 Å². The molecule has 2 unspecified atom stereocenters. The number of thioether (sulfide) groups is 1. The quantitative estimate of drug-likeness (QED) is 0.324. The monoisotopic (exact) mass is 454 g/mol. The van der Waals surface area contributed by atoms with Crippen molar-refractivity contribution >= 4 is 50.9 Å². The Kier molecular flexibility index (Phi) is 4.84. The van der Waals surface area contributed by atoms with Crippen LogP contribution in [-0.4, -0.2) is 14.5 Å². The van der Waals surface area contributed by atoms with E-state index in [0.29, 0.717) is 11.1 Å². The number of rotatable bonds is 5. The first-order valence-corrected chi connectivity index (χ1v) is 10.1. The Hall–Kier alpha value is -1.01. The zero-order valence-corrected chi connectivity index (χ0v) is 16.8. The molecule has 2 atom stereocenters. The standard InChI is InChI=1S/C18H13BrCl2N2OS/c19-13-8-6-12(7-9-13)16-22-23-17(24-16)25-15(14-10-18(14,20)21)11-4-2-1-3-5-11/h1-9,14-15H,10H2. The summed E-state index contributed by atoms with van der Waals surface area (Å²) in [6.07, 6.45) is 0.760. The summed E-state index contributed by atoms with van der Waals surface area (Å²) < 4.78 is 6.17. The van der Waals surface area contributed by atoms with E-state index >= 15 is 0 Å². The van der Waals surface area contributed by atoms with Crippen molar-refractivity contribution in [3.05, 3.63) is 64.6 Å². The number of benzene rings is 2. The van der Waals surface area contributed by atoms with E-state index in [-0.39, 0.29) is 11.2 Å². The highest BCUT2D eigenvalue weighted by Crippen LogP contribution is 2.63. The third-order valence-electron chi connectivity index (χ3n) is 4.09. The molecule has 1 heterocycles. The molecule has 3 aromatic rings. The minimum absolute atomic E-state index is 0.0782. The van der Waals surface area contributed by atoms with Gasteiger partial charge in [0, 0.05) is 21.2 Å². The Morgan fingerprint density at radius 1 is 1.08 bits per heavy atom. The lowest BCUT2D eigenvalue weighted by Crippen LogP contribution is -2.02. The highest BCUT2D eigenvalue weighted by Gasteiger charge is 2.56. The predicted molar refractivity (Wildman–Crippen MR) is 105 cm³/mol. The molecular formula is C18H13BrCl2N2OS. The van der Waals surface area contributed by atoms with Crippen LogP contribution < -0.4 is 0 Å². The lowest BCUT2D eigenvalue weighted by atomic mass is 10.1.